The van der Waals surface area contributed by atoms with Crippen LogP contribution < -0.4 is 4.89 Å². The van der Waals surface area contributed by atoms with E-state index in [9.17, 15) is 14.3 Å². The Balaban J connectivity index is 4.10. The maximum Gasteiger partial charge on any atom is 0.306 e. The molecule has 2 atom stereocenters. The normalized spacial score (nSPS) is 14.1. The zero-order chi connectivity index (χ0) is 51.9. The predicted octanol–water partition coefficient (Wildman–Crippen LogP) is 18.1. The Bertz CT molecular complexity index is 1410. The van der Waals surface area contributed by atoms with E-state index in [-0.39, 0.29) is 25.8 Å². The van der Waals surface area contributed by atoms with E-state index in [2.05, 4.69) is 98.9 Å². The van der Waals surface area contributed by atoms with Crippen LogP contribution in [0.15, 0.2) is 85.1 Å². The summed E-state index contributed by atoms with van der Waals surface area (Å²) in [6, 6.07) is 0. The molecule has 0 aromatic rings. The minimum atomic E-state index is -4.54. The van der Waals surface area contributed by atoms with E-state index in [1.54, 1.807) is 0 Å². The minimum absolute atomic E-state index is 0.0212. The average Bonchev–Trinajstić information content (AvgIpc) is 3.33. The Morgan fingerprint density at radius 1 is 0.451 bits per heavy atom. The Labute approximate surface area is 439 Å². The number of unbranched alkanes of at least 4 members (excludes halogenated alkanes) is 26. The van der Waals surface area contributed by atoms with Crippen LogP contribution in [0.1, 0.15) is 245 Å². The van der Waals surface area contributed by atoms with Gasteiger partial charge in [0.1, 0.15) is 19.3 Å². The van der Waals surface area contributed by atoms with Gasteiger partial charge in [0.05, 0.1) is 34.4 Å². The van der Waals surface area contributed by atoms with Gasteiger partial charge in [-0.15, -0.1) is 0 Å². The number of carbonyl (C=O) groups excluding carboxylic acids is 1. The van der Waals surface area contributed by atoms with E-state index in [0.717, 1.165) is 70.6 Å². The van der Waals surface area contributed by atoms with E-state index >= 15 is 0 Å². The van der Waals surface area contributed by atoms with Crippen molar-refractivity contribution in [2.45, 2.75) is 251 Å². The van der Waals surface area contributed by atoms with Gasteiger partial charge in [-0.1, -0.05) is 234 Å². The fourth-order valence-corrected chi connectivity index (χ4v) is 8.69. The third-order valence-electron chi connectivity index (χ3n) is 12.4. The topological polar surface area (TPSA) is 94.1 Å². The van der Waals surface area contributed by atoms with Crippen molar-refractivity contribution in [1.82, 2.24) is 0 Å². The highest BCUT2D eigenvalue weighted by molar-refractivity contribution is 7.45. The largest absolute Gasteiger partial charge is 0.756 e. The highest BCUT2D eigenvalue weighted by atomic mass is 31.2. The first-order valence-electron chi connectivity index (χ1n) is 29.3. The summed E-state index contributed by atoms with van der Waals surface area (Å²) in [6.07, 6.45) is 73.3. The molecule has 0 bridgehead atoms. The molecule has 0 aliphatic rings. The fourth-order valence-electron chi connectivity index (χ4n) is 7.96. The molecule has 0 heterocycles. The van der Waals surface area contributed by atoms with E-state index < -0.39 is 13.9 Å². The van der Waals surface area contributed by atoms with Crippen LogP contribution in [-0.4, -0.2) is 70.7 Å². The number of quaternary nitrogens is 1. The number of phosphoric acid groups is 1. The number of rotatable bonds is 54. The molecule has 0 N–H and O–H groups in total. The molecule has 9 heteroatoms. The second-order valence-corrected chi connectivity index (χ2v) is 22.0. The molecule has 0 saturated carbocycles. The number of ether oxygens (including phenoxy) is 2. The maximum atomic E-state index is 12.8. The van der Waals surface area contributed by atoms with Gasteiger partial charge in [-0.05, 0) is 89.9 Å². The van der Waals surface area contributed by atoms with Gasteiger partial charge in [0, 0.05) is 13.0 Å². The van der Waals surface area contributed by atoms with Crippen LogP contribution in [0.3, 0.4) is 0 Å². The summed E-state index contributed by atoms with van der Waals surface area (Å²) in [5.41, 5.74) is 0. The lowest BCUT2D eigenvalue weighted by Gasteiger charge is -2.28. The third-order valence-corrected chi connectivity index (χ3v) is 13.4. The Morgan fingerprint density at radius 3 is 1.23 bits per heavy atom. The second-order valence-electron chi connectivity index (χ2n) is 20.6. The molecule has 0 aliphatic carbocycles. The van der Waals surface area contributed by atoms with E-state index in [1.807, 2.05) is 21.1 Å². The standard InChI is InChI=1S/C62H112NO7P/c1-6-8-10-12-14-16-18-20-22-24-26-28-30-32-33-35-37-39-41-43-45-47-49-51-53-55-62(64)70-61(60-69-71(65,66)68-58-56-63(3,4)5)59-67-57-54-52-50-48-46-44-42-40-38-36-34-31-29-27-25-23-21-19-17-15-13-11-9-7-2/h9,11,15,17-18,20-21,23-24,26-27,29-30,32,61H,6-8,10,12-14,16,19,22,25,28,31,33-60H2,1-5H3/b11-9-,17-15-,20-18-,23-21-,26-24-,29-27-,32-30-. The average molecular weight is 1010 g/mol. The number of hydrogen-bond donors (Lipinski definition) is 0. The van der Waals surface area contributed by atoms with Gasteiger partial charge >= 0.3 is 5.97 Å². The van der Waals surface area contributed by atoms with Crippen LogP contribution in [0.5, 0.6) is 0 Å². The number of likely N-dealkylation sites (N-methyl/N-ethyl adjacent to an activating group) is 1. The van der Waals surface area contributed by atoms with Crippen LogP contribution in [0, 0.1) is 0 Å². The van der Waals surface area contributed by atoms with Crippen LogP contribution >= 0.6 is 7.82 Å². The highest BCUT2D eigenvalue weighted by Crippen LogP contribution is 2.38. The lowest BCUT2D eigenvalue weighted by molar-refractivity contribution is -0.870. The van der Waals surface area contributed by atoms with Crippen LogP contribution in [0.4, 0.5) is 0 Å². The molecule has 0 rings (SSSR count). The fraction of sp³-hybridized carbons (Fsp3) is 0.758. The van der Waals surface area contributed by atoms with Crippen molar-refractivity contribution < 1.29 is 37.3 Å². The smallest absolute Gasteiger partial charge is 0.306 e. The summed E-state index contributed by atoms with van der Waals surface area (Å²) >= 11 is 0. The summed E-state index contributed by atoms with van der Waals surface area (Å²) in [7, 11) is 1.35. The van der Waals surface area contributed by atoms with Crippen molar-refractivity contribution in [2.75, 3.05) is 54.1 Å². The van der Waals surface area contributed by atoms with Crippen LogP contribution in [0.25, 0.3) is 0 Å². The molecule has 0 radical (unpaired) electrons. The van der Waals surface area contributed by atoms with Gasteiger partial charge in [-0.3, -0.25) is 9.36 Å². The third kappa shape index (κ3) is 58.4. The molecule has 0 aliphatic heterocycles. The summed E-state index contributed by atoms with van der Waals surface area (Å²) < 4.78 is 34.9. The number of esters is 1. The van der Waals surface area contributed by atoms with E-state index in [0.29, 0.717) is 24.1 Å². The number of nitrogens with zero attached hydrogens (tertiary/aromatic N) is 1. The Morgan fingerprint density at radius 2 is 0.817 bits per heavy atom. The zero-order valence-electron chi connectivity index (χ0n) is 46.9. The van der Waals surface area contributed by atoms with Crippen molar-refractivity contribution in [1.29, 1.82) is 0 Å². The van der Waals surface area contributed by atoms with Crippen molar-refractivity contribution in [3.63, 3.8) is 0 Å². The quantitative estimate of drug-likeness (QED) is 0.0197. The van der Waals surface area contributed by atoms with Gasteiger partial charge in [-0.2, -0.15) is 0 Å². The Hall–Kier alpha value is -2.32. The van der Waals surface area contributed by atoms with Crippen LogP contribution in [-0.2, 0) is 27.9 Å². The first-order valence-corrected chi connectivity index (χ1v) is 30.8. The molecule has 8 nitrogen and oxygen atoms in total. The second kappa shape index (κ2) is 54.0. The molecule has 0 spiro atoms. The summed E-state index contributed by atoms with van der Waals surface area (Å²) in [5, 5.41) is 0. The summed E-state index contributed by atoms with van der Waals surface area (Å²) in [5.74, 6) is -0.339. The number of carbonyl (C=O) groups is 1. The minimum Gasteiger partial charge on any atom is -0.756 e. The Kier molecular flexibility index (Phi) is 52.2. The highest BCUT2D eigenvalue weighted by Gasteiger charge is 2.20. The zero-order valence-corrected chi connectivity index (χ0v) is 47.8. The van der Waals surface area contributed by atoms with Crippen molar-refractivity contribution in [2.24, 2.45) is 0 Å². The van der Waals surface area contributed by atoms with E-state index in [4.69, 9.17) is 18.5 Å². The first-order chi connectivity index (χ1) is 34.6. The lowest BCUT2D eigenvalue weighted by atomic mass is 10.0. The number of allylic oxidation sites excluding steroid dienone is 14. The van der Waals surface area contributed by atoms with Crippen LogP contribution in [0.2, 0.25) is 0 Å². The van der Waals surface area contributed by atoms with Gasteiger partial charge in [0.25, 0.3) is 7.82 Å². The molecule has 0 aromatic heterocycles. The predicted molar refractivity (Wildman–Crippen MR) is 305 cm³/mol. The van der Waals surface area contributed by atoms with Gasteiger partial charge in [0.2, 0.25) is 0 Å². The molecular formula is C62H112NO7P. The van der Waals surface area contributed by atoms with Gasteiger partial charge in [-0.25, -0.2) is 0 Å². The number of phosphoric ester groups is 1. The SMILES string of the molecule is CC/C=C\C/C=C\C/C=C\C/C=C\CCCCCCCCCCCCCOCC(COP(=O)([O-])OCC[N+](C)(C)C)OC(=O)CCCCCCCCCCCC/C=C\C/C=C\C/C=C\CCCCCCC. The molecule has 412 valence electrons. The monoisotopic (exact) mass is 1010 g/mol. The van der Waals surface area contributed by atoms with E-state index in [1.165, 1.54) is 154 Å². The molecular weight excluding hydrogens is 902 g/mol. The lowest BCUT2D eigenvalue weighted by Crippen LogP contribution is -2.37. The molecule has 0 aromatic carbocycles. The van der Waals surface area contributed by atoms with Gasteiger partial charge < -0.3 is 27.9 Å². The molecule has 0 fully saturated rings. The maximum absolute atomic E-state index is 12.8. The van der Waals surface area contributed by atoms with Crippen molar-refractivity contribution >= 4 is 13.8 Å². The summed E-state index contributed by atoms with van der Waals surface area (Å²) in [6.45, 7) is 5.29. The molecule has 2 unspecified atom stereocenters. The molecule has 71 heavy (non-hydrogen) atoms. The molecule has 0 saturated heterocycles. The number of hydrogen-bond acceptors (Lipinski definition) is 7. The van der Waals surface area contributed by atoms with Gasteiger partial charge in [0.15, 0.2) is 0 Å². The first kappa shape index (κ1) is 68.7. The van der Waals surface area contributed by atoms with Crippen molar-refractivity contribution in [3.05, 3.63) is 85.1 Å². The molecule has 0 amide bonds. The summed E-state index contributed by atoms with van der Waals surface area (Å²) in [4.78, 5) is 25.3. The van der Waals surface area contributed by atoms with Crippen molar-refractivity contribution in [3.8, 4) is 0 Å².